The van der Waals surface area contributed by atoms with E-state index in [0.717, 1.165) is 56.6 Å². The average molecular weight is 631 g/mol. The van der Waals surface area contributed by atoms with Gasteiger partial charge in [-0.2, -0.15) is 0 Å². The summed E-state index contributed by atoms with van der Waals surface area (Å²) in [4.78, 5) is 26.5. The van der Waals surface area contributed by atoms with Gasteiger partial charge in [0.1, 0.15) is 5.75 Å². The standard InChI is InChI=1S/C33H46N2O6S2/c1-7-9-16-33(17-10-8-2)22-35(25-13-11-24(12-14-25)34-30(36)21-32(3,4)5)26-19-28(42-6)27(41-18-15-31(37)38)20-29(26)43(39,40)23-33/h11-15,18-20H,7-10,16-17,21-23H2,1-6H3,(H,34,36)(H,37,38)/b18-15+. The minimum absolute atomic E-state index is 0.0213. The highest BCUT2D eigenvalue weighted by atomic mass is 32.2. The number of aliphatic carboxylic acids is 1. The molecule has 0 unspecified atom stereocenters. The number of carboxylic acid groups (broad SMARTS) is 1. The molecule has 0 saturated carbocycles. The van der Waals surface area contributed by atoms with Crippen LogP contribution in [0.25, 0.3) is 0 Å². The van der Waals surface area contributed by atoms with Crippen LogP contribution in [0.3, 0.4) is 0 Å². The van der Waals surface area contributed by atoms with Crippen LogP contribution in [0.5, 0.6) is 5.75 Å². The Morgan fingerprint density at radius 3 is 2.26 bits per heavy atom. The number of sulfone groups is 1. The smallest absolute Gasteiger partial charge is 0.331 e. The van der Waals surface area contributed by atoms with Crippen LogP contribution in [0.4, 0.5) is 17.1 Å². The van der Waals surface area contributed by atoms with Crippen LogP contribution in [-0.2, 0) is 19.4 Å². The Kier molecular flexibility index (Phi) is 11.8. The topological polar surface area (TPSA) is 113 Å². The number of carboxylic acids is 1. The van der Waals surface area contributed by atoms with Crippen LogP contribution in [0.1, 0.15) is 79.6 Å². The van der Waals surface area contributed by atoms with Gasteiger partial charge in [-0.1, -0.05) is 60.3 Å². The zero-order valence-electron chi connectivity index (χ0n) is 26.2. The van der Waals surface area contributed by atoms with Crippen molar-refractivity contribution in [2.24, 2.45) is 10.8 Å². The Bertz CT molecular complexity index is 1400. The fourth-order valence-corrected chi connectivity index (χ4v) is 8.18. The number of unbranched alkanes of at least 4 members (excludes halogenated alkanes) is 2. The van der Waals surface area contributed by atoms with E-state index >= 15 is 0 Å². The van der Waals surface area contributed by atoms with Gasteiger partial charge in [-0.05, 0) is 54.8 Å². The summed E-state index contributed by atoms with van der Waals surface area (Å²) in [6.45, 7) is 10.8. The lowest BCUT2D eigenvalue weighted by Gasteiger charge is -2.37. The number of fused-ring (bicyclic) bond motifs is 1. The first-order valence-electron chi connectivity index (χ1n) is 14.9. The number of anilines is 3. The Balaban J connectivity index is 2.16. The second-order valence-corrected chi connectivity index (χ2v) is 15.4. The van der Waals surface area contributed by atoms with Crippen molar-refractivity contribution >= 4 is 50.5 Å². The lowest BCUT2D eigenvalue weighted by Crippen LogP contribution is -2.38. The SMILES string of the molecule is CCCCC1(CCCC)CN(c2ccc(NC(=O)CC(C)(C)C)cc2)c2cc(SC)c(O/C=C/C(=O)O)cc2S(=O)(=O)C1. The molecule has 2 N–H and O–H groups in total. The van der Waals surface area contributed by atoms with Crippen LogP contribution in [0.15, 0.2) is 58.5 Å². The summed E-state index contributed by atoms with van der Waals surface area (Å²) < 4.78 is 34.0. The highest BCUT2D eigenvalue weighted by Crippen LogP contribution is 2.48. The van der Waals surface area contributed by atoms with Gasteiger partial charge in [0.05, 0.1) is 33.6 Å². The molecule has 43 heavy (non-hydrogen) atoms. The minimum Gasteiger partial charge on any atom is -0.478 e. The number of carbonyl (C=O) groups is 2. The van der Waals surface area contributed by atoms with Crippen molar-refractivity contribution < 1.29 is 27.9 Å². The quantitative estimate of drug-likeness (QED) is 0.130. The molecule has 3 rings (SSSR count). The molecule has 0 bridgehead atoms. The Morgan fingerprint density at radius 1 is 1.09 bits per heavy atom. The fraction of sp³-hybridized carbons (Fsp3) is 0.515. The molecule has 0 spiro atoms. The van der Waals surface area contributed by atoms with Crippen molar-refractivity contribution in [3.63, 3.8) is 0 Å². The van der Waals surface area contributed by atoms with Gasteiger partial charge in [0.15, 0.2) is 9.84 Å². The monoisotopic (exact) mass is 630 g/mol. The lowest BCUT2D eigenvalue weighted by atomic mass is 9.79. The second kappa shape index (κ2) is 14.7. The van der Waals surface area contributed by atoms with Gasteiger partial charge in [-0.3, -0.25) is 4.79 Å². The summed E-state index contributed by atoms with van der Waals surface area (Å²) in [6, 6.07) is 10.9. The molecule has 1 heterocycles. The Morgan fingerprint density at radius 2 is 1.72 bits per heavy atom. The summed E-state index contributed by atoms with van der Waals surface area (Å²) in [5.74, 6) is -0.903. The molecule has 0 radical (unpaired) electrons. The number of ether oxygens (including phenoxy) is 1. The van der Waals surface area contributed by atoms with Crippen molar-refractivity contribution in [1.82, 2.24) is 0 Å². The molecule has 0 fully saturated rings. The fourth-order valence-electron chi connectivity index (χ4n) is 5.53. The summed E-state index contributed by atoms with van der Waals surface area (Å²) in [6.07, 6.45) is 9.55. The van der Waals surface area contributed by atoms with E-state index in [1.54, 1.807) is 0 Å². The largest absolute Gasteiger partial charge is 0.478 e. The third-order valence-electron chi connectivity index (χ3n) is 7.54. The summed E-state index contributed by atoms with van der Waals surface area (Å²) in [7, 11) is -3.75. The van der Waals surface area contributed by atoms with Crippen molar-refractivity contribution in [3.05, 3.63) is 48.7 Å². The Hall–Kier alpha value is -2.98. The van der Waals surface area contributed by atoms with Gasteiger partial charge < -0.3 is 20.1 Å². The van der Waals surface area contributed by atoms with Crippen LogP contribution < -0.4 is 15.0 Å². The molecule has 0 saturated heterocycles. The molecule has 0 aliphatic carbocycles. The number of hydrogen-bond donors (Lipinski definition) is 2. The molecule has 2 aromatic carbocycles. The van der Waals surface area contributed by atoms with E-state index in [0.29, 0.717) is 35.0 Å². The van der Waals surface area contributed by atoms with Gasteiger partial charge in [0.2, 0.25) is 5.91 Å². The van der Waals surface area contributed by atoms with Crippen molar-refractivity contribution in [3.8, 4) is 5.75 Å². The molecular weight excluding hydrogens is 585 g/mol. The second-order valence-electron chi connectivity index (χ2n) is 12.6. The van der Waals surface area contributed by atoms with Crippen LogP contribution in [-0.4, -0.2) is 44.0 Å². The molecule has 1 aliphatic rings. The predicted molar refractivity (Wildman–Crippen MR) is 175 cm³/mol. The number of benzene rings is 2. The van der Waals surface area contributed by atoms with E-state index in [-0.39, 0.29) is 22.0 Å². The van der Waals surface area contributed by atoms with Gasteiger partial charge in [0, 0.05) is 35.8 Å². The first-order chi connectivity index (χ1) is 20.2. The molecule has 1 amide bonds. The zero-order valence-corrected chi connectivity index (χ0v) is 27.9. The number of thioether (sulfide) groups is 1. The van der Waals surface area contributed by atoms with E-state index in [4.69, 9.17) is 9.84 Å². The predicted octanol–water partition coefficient (Wildman–Crippen LogP) is 8.05. The van der Waals surface area contributed by atoms with Crippen molar-refractivity contribution in [2.45, 2.75) is 89.4 Å². The van der Waals surface area contributed by atoms with Crippen molar-refractivity contribution in [1.29, 1.82) is 0 Å². The number of nitrogens with zero attached hydrogens (tertiary/aromatic N) is 1. The van der Waals surface area contributed by atoms with Gasteiger partial charge in [0.25, 0.3) is 0 Å². The van der Waals surface area contributed by atoms with E-state index in [1.165, 1.54) is 17.8 Å². The molecule has 0 atom stereocenters. The maximum atomic E-state index is 14.2. The zero-order chi connectivity index (χ0) is 31.8. The molecule has 2 aromatic rings. The van der Waals surface area contributed by atoms with Gasteiger partial charge >= 0.3 is 5.97 Å². The third kappa shape index (κ3) is 9.50. The highest BCUT2D eigenvalue weighted by molar-refractivity contribution is 7.98. The van der Waals surface area contributed by atoms with E-state index in [2.05, 4.69) is 24.1 Å². The molecular formula is C33H46N2O6S2. The number of nitrogens with one attached hydrogen (secondary N) is 1. The van der Waals surface area contributed by atoms with E-state index < -0.39 is 21.2 Å². The molecule has 236 valence electrons. The number of rotatable bonds is 13. The first kappa shape index (κ1) is 34.5. The summed E-state index contributed by atoms with van der Waals surface area (Å²) >= 11 is 1.40. The van der Waals surface area contributed by atoms with Crippen LogP contribution in [0, 0.1) is 10.8 Å². The molecule has 1 aliphatic heterocycles. The molecule has 10 heteroatoms. The number of hydrogen-bond acceptors (Lipinski definition) is 7. The van der Waals surface area contributed by atoms with Gasteiger partial charge in [-0.25, -0.2) is 13.2 Å². The normalized spacial score (nSPS) is 16.0. The van der Waals surface area contributed by atoms with Crippen LogP contribution >= 0.6 is 11.8 Å². The molecule has 8 nitrogen and oxygen atoms in total. The number of carbonyl (C=O) groups excluding carboxylic acids is 1. The van der Waals surface area contributed by atoms with E-state index in [9.17, 15) is 18.0 Å². The maximum absolute atomic E-state index is 14.2. The third-order valence-corrected chi connectivity index (χ3v) is 10.3. The van der Waals surface area contributed by atoms with Crippen molar-refractivity contribution in [2.75, 3.05) is 28.8 Å². The number of amides is 1. The summed E-state index contributed by atoms with van der Waals surface area (Å²) in [5, 5.41) is 12.0. The van der Waals surface area contributed by atoms with Gasteiger partial charge in [-0.15, -0.1) is 11.8 Å². The average Bonchev–Trinajstić information content (AvgIpc) is 3.01. The lowest BCUT2D eigenvalue weighted by molar-refractivity contribution is -0.131. The molecule has 0 aromatic heterocycles. The minimum atomic E-state index is -3.75. The van der Waals surface area contributed by atoms with Crippen LogP contribution in [0.2, 0.25) is 0 Å². The first-order valence-corrected chi connectivity index (χ1v) is 17.8. The summed E-state index contributed by atoms with van der Waals surface area (Å²) in [5.41, 5.74) is 1.48. The van der Waals surface area contributed by atoms with E-state index in [1.807, 2.05) is 57.4 Å². The Labute approximate surface area is 261 Å². The highest BCUT2D eigenvalue weighted by Gasteiger charge is 2.42. The maximum Gasteiger partial charge on any atom is 0.331 e.